The van der Waals surface area contributed by atoms with Gasteiger partial charge in [-0.05, 0) is 13.0 Å². The van der Waals surface area contributed by atoms with Crippen LogP contribution in [0, 0.1) is 0 Å². The van der Waals surface area contributed by atoms with Crippen LogP contribution in [0.15, 0.2) is 12.2 Å². The molecule has 0 unspecified atom stereocenters. The van der Waals surface area contributed by atoms with Gasteiger partial charge in [0.05, 0.1) is 14.7 Å². The summed E-state index contributed by atoms with van der Waals surface area (Å²) in [5.74, 6) is -0.254. The highest BCUT2D eigenvalue weighted by atomic mass is 28.3. The highest BCUT2D eigenvalue weighted by Crippen LogP contribution is 2.18. The number of rotatable bonds is 7. The van der Waals surface area contributed by atoms with Crippen LogP contribution >= 0.6 is 0 Å². The zero-order valence-electron chi connectivity index (χ0n) is 10.6. The van der Waals surface area contributed by atoms with E-state index in [-0.39, 0.29) is 5.97 Å². The summed E-state index contributed by atoms with van der Waals surface area (Å²) in [6, 6.07) is 2.39. The van der Waals surface area contributed by atoms with Crippen molar-refractivity contribution < 1.29 is 9.53 Å². The van der Waals surface area contributed by atoms with Crippen LogP contribution in [0.3, 0.4) is 0 Å². The van der Waals surface area contributed by atoms with Crippen LogP contribution in [0.25, 0.3) is 0 Å². The second-order valence-electron chi connectivity index (χ2n) is 4.93. The van der Waals surface area contributed by atoms with Crippen molar-refractivity contribution in [2.45, 2.75) is 51.9 Å². The first-order valence-corrected chi connectivity index (χ1v) is 9.13. The third-order valence-electron chi connectivity index (χ3n) is 2.57. The smallest absolute Gasteiger partial charge is 0.333 e. The van der Waals surface area contributed by atoms with E-state index < -0.39 is 8.07 Å². The SMILES string of the molecule is C=C(C)C(=O)OCC[Si](C)(C)CCCC. The van der Waals surface area contributed by atoms with Crippen molar-refractivity contribution in [2.75, 3.05) is 6.61 Å². The third kappa shape index (κ3) is 7.37. The first kappa shape index (κ1) is 14.4. The molecule has 0 radical (unpaired) electrons. The number of hydrogen-bond acceptors (Lipinski definition) is 2. The van der Waals surface area contributed by atoms with Gasteiger partial charge in [-0.2, -0.15) is 0 Å². The molecular weight excluding hydrogens is 204 g/mol. The molecular formula is C12H24O2Si. The van der Waals surface area contributed by atoms with E-state index in [4.69, 9.17) is 4.74 Å². The molecule has 15 heavy (non-hydrogen) atoms. The van der Waals surface area contributed by atoms with E-state index in [2.05, 4.69) is 26.6 Å². The van der Waals surface area contributed by atoms with E-state index in [1.807, 2.05) is 0 Å². The zero-order chi connectivity index (χ0) is 11.9. The maximum Gasteiger partial charge on any atom is 0.333 e. The summed E-state index contributed by atoms with van der Waals surface area (Å²) in [7, 11) is -1.13. The lowest BCUT2D eigenvalue weighted by Crippen LogP contribution is -2.27. The molecule has 0 fully saturated rings. The predicted octanol–water partition coefficient (Wildman–Crippen LogP) is 3.61. The van der Waals surface area contributed by atoms with Gasteiger partial charge in [0.15, 0.2) is 0 Å². The third-order valence-corrected chi connectivity index (χ3v) is 5.83. The van der Waals surface area contributed by atoms with Gasteiger partial charge in [-0.25, -0.2) is 4.79 Å². The molecule has 0 amide bonds. The Morgan fingerprint density at radius 1 is 1.33 bits per heavy atom. The molecule has 0 aliphatic carbocycles. The van der Waals surface area contributed by atoms with Gasteiger partial charge in [0, 0.05) is 5.57 Å². The Bertz CT molecular complexity index is 222. The van der Waals surface area contributed by atoms with Gasteiger partial charge in [-0.3, -0.25) is 0 Å². The summed E-state index contributed by atoms with van der Waals surface area (Å²) in [4.78, 5) is 11.1. The van der Waals surface area contributed by atoms with E-state index in [0.717, 1.165) is 6.04 Å². The first-order valence-electron chi connectivity index (χ1n) is 5.71. The van der Waals surface area contributed by atoms with Crippen molar-refractivity contribution in [1.82, 2.24) is 0 Å². The highest BCUT2D eigenvalue weighted by molar-refractivity contribution is 6.77. The summed E-state index contributed by atoms with van der Waals surface area (Å²) in [5, 5.41) is 0. The number of carbonyl (C=O) groups is 1. The van der Waals surface area contributed by atoms with Crippen molar-refractivity contribution in [3.63, 3.8) is 0 Å². The first-order chi connectivity index (χ1) is 6.89. The summed E-state index contributed by atoms with van der Waals surface area (Å²) in [6.45, 7) is 12.7. The Morgan fingerprint density at radius 3 is 2.40 bits per heavy atom. The second-order valence-corrected chi connectivity index (χ2v) is 10.3. The predicted molar refractivity (Wildman–Crippen MR) is 67.8 cm³/mol. The molecule has 0 N–H and O–H groups in total. The molecule has 3 heteroatoms. The Hall–Kier alpha value is -0.573. The average molecular weight is 228 g/mol. The van der Waals surface area contributed by atoms with Crippen molar-refractivity contribution >= 4 is 14.0 Å². The van der Waals surface area contributed by atoms with Crippen molar-refractivity contribution in [3.8, 4) is 0 Å². The number of carbonyl (C=O) groups excluding carboxylic acids is 1. The van der Waals surface area contributed by atoms with E-state index >= 15 is 0 Å². The van der Waals surface area contributed by atoms with Crippen LogP contribution in [0.2, 0.25) is 25.2 Å². The van der Waals surface area contributed by atoms with E-state index in [9.17, 15) is 4.79 Å². The fourth-order valence-electron chi connectivity index (χ4n) is 1.32. The minimum absolute atomic E-state index is 0.254. The van der Waals surface area contributed by atoms with Gasteiger partial charge in [-0.1, -0.05) is 45.5 Å². The number of hydrogen-bond donors (Lipinski definition) is 0. The van der Waals surface area contributed by atoms with Crippen LogP contribution in [-0.2, 0) is 9.53 Å². The molecule has 0 heterocycles. The van der Waals surface area contributed by atoms with Gasteiger partial charge in [0.1, 0.15) is 0 Å². The van der Waals surface area contributed by atoms with Crippen molar-refractivity contribution in [1.29, 1.82) is 0 Å². The lowest BCUT2D eigenvalue weighted by molar-refractivity contribution is -0.138. The average Bonchev–Trinajstić information content (AvgIpc) is 2.14. The Labute approximate surface area is 94.7 Å². The molecule has 88 valence electrons. The molecule has 0 aliphatic heterocycles. The van der Waals surface area contributed by atoms with Crippen LogP contribution in [-0.4, -0.2) is 20.7 Å². The summed E-state index contributed by atoms with van der Waals surface area (Å²) in [6.07, 6.45) is 2.55. The largest absolute Gasteiger partial charge is 0.463 e. The second kappa shape index (κ2) is 6.83. The molecule has 2 nitrogen and oxygen atoms in total. The van der Waals surface area contributed by atoms with E-state index in [1.165, 1.54) is 18.9 Å². The van der Waals surface area contributed by atoms with Crippen LogP contribution in [0.1, 0.15) is 26.7 Å². The van der Waals surface area contributed by atoms with E-state index in [0.29, 0.717) is 12.2 Å². The molecule has 0 aromatic carbocycles. The molecule has 0 rings (SSSR count). The molecule has 0 spiro atoms. The van der Waals surface area contributed by atoms with Gasteiger partial charge < -0.3 is 4.74 Å². The Kier molecular flexibility index (Phi) is 6.57. The van der Waals surface area contributed by atoms with Crippen LogP contribution in [0.5, 0.6) is 0 Å². The quantitative estimate of drug-likeness (QED) is 0.378. The van der Waals surface area contributed by atoms with E-state index in [1.54, 1.807) is 6.92 Å². The molecule has 0 aromatic heterocycles. The van der Waals surface area contributed by atoms with Gasteiger partial charge >= 0.3 is 5.97 Å². The monoisotopic (exact) mass is 228 g/mol. The summed E-state index contributed by atoms with van der Waals surface area (Å²) >= 11 is 0. The lowest BCUT2D eigenvalue weighted by atomic mass is 10.4. The molecule has 0 aromatic rings. The minimum atomic E-state index is -1.13. The molecule has 0 saturated heterocycles. The molecule has 0 atom stereocenters. The van der Waals surface area contributed by atoms with Crippen LogP contribution in [0.4, 0.5) is 0 Å². The molecule has 0 bridgehead atoms. The lowest BCUT2D eigenvalue weighted by Gasteiger charge is -2.21. The van der Waals surface area contributed by atoms with Gasteiger partial charge in [0.25, 0.3) is 0 Å². The standard InChI is InChI=1S/C12H24O2Si/c1-6-7-9-15(4,5)10-8-14-12(13)11(2)3/h2,6-10H2,1,3-5H3. The maximum absolute atomic E-state index is 11.1. The Morgan fingerprint density at radius 2 is 1.93 bits per heavy atom. The number of esters is 1. The normalized spacial score (nSPS) is 11.2. The van der Waals surface area contributed by atoms with Gasteiger partial charge in [0.2, 0.25) is 0 Å². The highest BCUT2D eigenvalue weighted by Gasteiger charge is 2.20. The fraction of sp³-hybridized carbons (Fsp3) is 0.750. The minimum Gasteiger partial charge on any atom is -0.463 e. The number of unbranched alkanes of at least 4 members (excludes halogenated alkanes) is 1. The zero-order valence-corrected chi connectivity index (χ0v) is 11.6. The van der Waals surface area contributed by atoms with Gasteiger partial charge in [-0.15, -0.1) is 0 Å². The van der Waals surface area contributed by atoms with Crippen LogP contribution < -0.4 is 0 Å². The Balaban J connectivity index is 3.74. The van der Waals surface area contributed by atoms with Crippen molar-refractivity contribution in [2.24, 2.45) is 0 Å². The molecule has 0 aliphatic rings. The summed E-state index contributed by atoms with van der Waals surface area (Å²) < 4.78 is 5.12. The topological polar surface area (TPSA) is 26.3 Å². The fourth-order valence-corrected chi connectivity index (χ4v) is 3.54. The molecule has 0 saturated carbocycles. The summed E-state index contributed by atoms with van der Waals surface area (Å²) in [5.41, 5.74) is 0.489. The van der Waals surface area contributed by atoms with Crippen molar-refractivity contribution in [3.05, 3.63) is 12.2 Å². The maximum atomic E-state index is 11.1. The number of ether oxygens (including phenoxy) is 1.